The lowest BCUT2D eigenvalue weighted by Crippen LogP contribution is -2.41. The van der Waals surface area contributed by atoms with Gasteiger partial charge in [-0.25, -0.2) is 4.79 Å². The number of aryl methyl sites for hydroxylation is 1. The lowest BCUT2D eigenvalue weighted by atomic mass is 9.92. The molecule has 1 aliphatic rings. The monoisotopic (exact) mass is 292 g/mol. The van der Waals surface area contributed by atoms with Crippen molar-refractivity contribution in [2.75, 3.05) is 19.6 Å². The third kappa shape index (κ3) is 3.77. The number of carbonyl (C=O) groups excluding carboxylic acids is 1. The third-order valence-electron chi connectivity index (χ3n) is 4.48. The largest absolute Gasteiger partial charge is 0.337 e. The van der Waals surface area contributed by atoms with Gasteiger partial charge in [0.05, 0.1) is 0 Å². The van der Waals surface area contributed by atoms with Gasteiger partial charge in [0.15, 0.2) is 0 Å². The van der Waals surface area contributed by atoms with Crippen molar-refractivity contribution in [3.63, 3.8) is 0 Å². The van der Waals surface area contributed by atoms with Crippen molar-refractivity contribution in [2.24, 2.45) is 18.4 Å². The molecule has 1 aromatic rings. The summed E-state index contributed by atoms with van der Waals surface area (Å²) in [6, 6.07) is 2.10. The fraction of sp³-hybridized carbons (Fsp3) is 0.750. The first-order valence-electron chi connectivity index (χ1n) is 7.81. The maximum atomic E-state index is 12.3. The van der Waals surface area contributed by atoms with E-state index in [-0.39, 0.29) is 17.4 Å². The average Bonchev–Trinajstić information content (AvgIpc) is 2.95. The van der Waals surface area contributed by atoms with Gasteiger partial charge in [0.25, 0.3) is 0 Å². The molecule has 2 rings (SSSR count). The van der Waals surface area contributed by atoms with Crippen LogP contribution in [-0.2, 0) is 7.05 Å². The van der Waals surface area contributed by atoms with Gasteiger partial charge in [0, 0.05) is 44.5 Å². The van der Waals surface area contributed by atoms with Crippen LogP contribution in [0.5, 0.6) is 0 Å². The number of nitrogens with zero attached hydrogens (tertiary/aromatic N) is 3. The van der Waals surface area contributed by atoms with Crippen LogP contribution >= 0.6 is 0 Å². The van der Waals surface area contributed by atoms with Gasteiger partial charge >= 0.3 is 6.03 Å². The Balaban J connectivity index is 1.94. The number of aromatic nitrogens is 2. The molecule has 0 aromatic carbocycles. The summed E-state index contributed by atoms with van der Waals surface area (Å²) in [4.78, 5) is 14.2. The normalized spacial score (nSPS) is 19.0. The summed E-state index contributed by atoms with van der Waals surface area (Å²) in [7, 11) is 1.95. The van der Waals surface area contributed by atoms with Crippen LogP contribution < -0.4 is 5.32 Å². The molecule has 5 nitrogen and oxygen atoms in total. The zero-order valence-corrected chi connectivity index (χ0v) is 13.9. The fourth-order valence-corrected chi connectivity index (χ4v) is 3.02. The Kier molecular flexibility index (Phi) is 4.59. The lowest BCUT2D eigenvalue weighted by molar-refractivity contribution is 0.201. The number of nitrogens with one attached hydrogen (secondary N) is 1. The molecule has 0 radical (unpaired) electrons. The van der Waals surface area contributed by atoms with E-state index in [1.165, 1.54) is 5.69 Å². The molecule has 2 heterocycles. The Labute approximate surface area is 127 Å². The summed E-state index contributed by atoms with van der Waals surface area (Å²) in [5, 5.41) is 7.34. The minimum absolute atomic E-state index is 0.0633. The highest BCUT2D eigenvalue weighted by Crippen LogP contribution is 2.29. The molecule has 21 heavy (non-hydrogen) atoms. The molecule has 1 fully saturated rings. The van der Waals surface area contributed by atoms with E-state index in [0.717, 1.165) is 19.5 Å². The minimum atomic E-state index is 0.0633. The smallest absolute Gasteiger partial charge is 0.317 e. The van der Waals surface area contributed by atoms with Crippen LogP contribution in [0.1, 0.15) is 45.7 Å². The van der Waals surface area contributed by atoms with Crippen LogP contribution in [0.3, 0.4) is 0 Å². The predicted octanol–water partition coefficient (Wildman–Crippen LogP) is 2.60. The van der Waals surface area contributed by atoms with Crippen LogP contribution in [0.15, 0.2) is 12.3 Å². The first kappa shape index (κ1) is 15.9. The number of rotatable bonds is 4. The molecule has 1 atom stereocenters. The molecule has 0 bridgehead atoms. The molecular weight excluding hydrogens is 264 g/mol. The molecule has 118 valence electrons. The standard InChI is InChI=1S/C16H28N4O/c1-12(2)13(14-6-8-18-19(14)5)10-17-15(21)20-9-7-16(3,4)11-20/h6,8,12-13H,7,9-11H2,1-5H3,(H,17,21)/t13-/m1/s1. The van der Waals surface area contributed by atoms with Gasteiger partial charge in [-0.05, 0) is 23.8 Å². The van der Waals surface area contributed by atoms with Crippen molar-refractivity contribution < 1.29 is 4.79 Å². The molecule has 1 saturated heterocycles. The highest BCUT2D eigenvalue weighted by molar-refractivity contribution is 5.74. The first-order chi connectivity index (χ1) is 9.80. The lowest BCUT2D eigenvalue weighted by Gasteiger charge is -2.24. The zero-order valence-electron chi connectivity index (χ0n) is 13.9. The summed E-state index contributed by atoms with van der Waals surface area (Å²) in [5.74, 6) is 0.743. The van der Waals surface area contributed by atoms with Crippen molar-refractivity contribution in [3.8, 4) is 0 Å². The Hall–Kier alpha value is -1.52. The predicted molar refractivity (Wildman–Crippen MR) is 84.2 cm³/mol. The highest BCUT2D eigenvalue weighted by atomic mass is 16.2. The molecule has 0 spiro atoms. The molecule has 1 aliphatic heterocycles. The number of amides is 2. The second kappa shape index (κ2) is 6.08. The summed E-state index contributed by atoms with van der Waals surface area (Å²) in [6.45, 7) is 11.2. The van der Waals surface area contributed by atoms with E-state index in [1.807, 2.05) is 28.9 Å². The van der Waals surface area contributed by atoms with Crippen LogP contribution in [-0.4, -0.2) is 40.3 Å². The number of carbonyl (C=O) groups is 1. The van der Waals surface area contributed by atoms with Crippen molar-refractivity contribution in [1.29, 1.82) is 0 Å². The fourth-order valence-electron chi connectivity index (χ4n) is 3.02. The molecule has 0 aliphatic carbocycles. The molecule has 1 N–H and O–H groups in total. The Morgan fingerprint density at radius 1 is 1.48 bits per heavy atom. The molecule has 1 aromatic heterocycles. The summed E-state index contributed by atoms with van der Waals surface area (Å²) < 4.78 is 1.90. The zero-order chi connectivity index (χ0) is 15.6. The van der Waals surface area contributed by atoms with Gasteiger partial charge in [-0.1, -0.05) is 27.7 Å². The number of hydrogen-bond acceptors (Lipinski definition) is 2. The SMILES string of the molecule is CC(C)[C@@H](CNC(=O)N1CCC(C)(C)C1)c1ccnn1C. The van der Waals surface area contributed by atoms with Gasteiger partial charge in [0.1, 0.15) is 0 Å². The highest BCUT2D eigenvalue weighted by Gasteiger charge is 2.32. The summed E-state index contributed by atoms with van der Waals surface area (Å²) in [5.41, 5.74) is 1.42. The van der Waals surface area contributed by atoms with E-state index in [0.29, 0.717) is 12.5 Å². The Bertz CT molecular complexity index is 492. The van der Waals surface area contributed by atoms with E-state index in [2.05, 4.69) is 38.1 Å². The Morgan fingerprint density at radius 3 is 2.67 bits per heavy atom. The number of urea groups is 1. The van der Waals surface area contributed by atoms with Crippen molar-refractivity contribution in [3.05, 3.63) is 18.0 Å². The summed E-state index contributed by atoms with van der Waals surface area (Å²) in [6.07, 6.45) is 2.89. The van der Waals surface area contributed by atoms with Gasteiger partial charge < -0.3 is 10.2 Å². The number of likely N-dealkylation sites (tertiary alicyclic amines) is 1. The van der Waals surface area contributed by atoms with E-state index < -0.39 is 0 Å². The van der Waals surface area contributed by atoms with Gasteiger partial charge in [-0.2, -0.15) is 5.10 Å². The van der Waals surface area contributed by atoms with Crippen LogP contribution in [0.25, 0.3) is 0 Å². The molecule has 0 unspecified atom stereocenters. The van der Waals surface area contributed by atoms with Crippen molar-refractivity contribution >= 4 is 6.03 Å². The van der Waals surface area contributed by atoms with Crippen molar-refractivity contribution in [2.45, 2.75) is 40.0 Å². The molecular formula is C16H28N4O. The maximum absolute atomic E-state index is 12.3. The minimum Gasteiger partial charge on any atom is -0.337 e. The van der Waals surface area contributed by atoms with E-state index >= 15 is 0 Å². The van der Waals surface area contributed by atoms with E-state index in [4.69, 9.17) is 0 Å². The average molecular weight is 292 g/mol. The summed E-state index contributed by atoms with van der Waals surface area (Å²) >= 11 is 0. The van der Waals surface area contributed by atoms with Crippen LogP contribution in [0.2, 0.25) is 0 Å². The molecule has 2 amide bonds. The van der Waals surface area contributed by atoms with Gasteiger partial charge in [-0.3, -0.25) is 4.68 Å². The second-order valence-corrected chi connectivity index (χ2v) is 7.25. The van der Waals surface area contributed by atoms with E-state index in [1.54, 1.807) is 0 Å². The Morgan fingerprint density at radius 2 is 2.19 bits per heavy atom. The molecule has 5 heteroatoms. The number of hydrogen-bond donors (Lipinski definition) is 1. The van der Waals surface area contributed by atoms with Crippen molar-refractivity contribution in [1.82, 2.24) is 20.0 Å². The van der Waals surface area contributed by atoms with Gasteiger partial charge in [-0.15, -0.1) is 0 Å². The van der Waals surface area contributed by atoms with Crippen LogP contribution in [0, 0.1) is 11.3 Å². The second-order valence-electron chi connectivity index (χ2n) is 7.25. The van der Waals surface area contributed by atoms with E-state index in [9.17, 15) is 4.79 Å². The molecule has 0 saturated carbocycles. The quantitative estimate of drug-likeness (QED) is 0.927. The maximum Gasteiger partial charge on any atom is 0.317 e. The third-order valence-corrected chi connectivity index (χ3v) is 4.48. The topological polar surface area (TPSA) is 50.2 Å². The first-order valence-corrected chi connectivity index (χ1v) is 7.81. The van der Waals surface area contributed by atoms with Crippen LogP contribution in [0.4, 0.5) is 4.79 Å². The van der Waals surface area contributed by atoms with Gasteiger partial charge in [0.2, 0.25) is 0 Å².